The molecule has 1 N–H and O–H groups in total. The predicted octanol–water partition coefficient (Wildman–Crippen LogP) is 1.44. The summed E-state index contributed by atoms with van der Waals surface area (Å²) >= 11 is 0. The standard InChI is InChI=1S/C26H35N5O5/c1-2-36-26(35)30-9-7-18(8-10-30)16-28-11-13-29(14-12-28)20-3-4-21-19(15-20)17-31(25(21)34)22-5-6-23(32)27-24(22)33/h3-4,15,18,22H,2,5-14,16-17H2,1H3,(H,27,32,33). The number of hydrogen-bond donors (Lipinski definition) is 1. The molecule has 4 aliphatic heterocycles. The Hall–Kier alpha value is -3.14. The van der Waals surface area contributed by atoms with Crippen molar-refractivity contribution in [1.29, 1.82) is 0 Å². The van der Waals surface area contributed by atoms with Gasteiger partial charge >= 0.3 is 6.09 Å². The van der Waals surface area contributed by atoms with Crippen molar-refractivity contribution in [2.75, 3.05) is 57.3 Å². The van der Waals surface area contributed by atoms with Crippen LogP contribution in [0.15, 0.2) is 18.2 Å². The van der Waals surface area contributed by atoms with E-state index in [2.05, 4.69) is 21.2 Å². The highest BCUT2D eigenvalue weighted by atomic mass is 16.6. The van der Waals surface area contributed by atoms with Crippen molar-refractivity contribution in [2.24, 2.45) is 5.92 Å². The minimum absolute atomic E-state index is 0.134. The Balaban J connectivity index is 1.12. The van der Waals surface area contributed by atoms with Crippen molar-refractivity contribution in [3.05, 3.63) is 29.3 Å². The predicted molar refractivity (Wildman–Crippen MR) is 132 cm³/mol. The number of piperidine rings is 2. The molecule has 10 nitrogen and oxygen atoms in total. The molecule has 0 aliphatic carbocycles. The second-order valence-corrected chi connectivity index (χ2v) is 10.2. The summed E-state index contributed by atoms with van der Waals surface area (Å²) in [5, 5.41) is 2.35. The molecule has 36 heavy (non-hydrogen) atoms. The SMILES string of the molecule is CCOC(=O)N1CCC(CN2CCN(c3ccc4c(c3)CN(C3CCC(=O)NC3=O)C4=O)CC2)CC1. The molecule has 0 spiro atoms. The van der Waals surface area contributed by atoms with E-state index in [1.54, 1.807) is 4.90 Å². The first-order valence-corrected chi connectivity index (χ1v) is 13.1. The topological polar surface area (TPSA) is 102 Å². The summed E-state index contributed by atoms with van der Waals surface area (Å²) in [6.07, 6.45) is 2.47. The van der Waals surface area contributed by atoms with Crippen molar-refractivity contribution >= 4 is 29.5 Å². The molecule has 4 aliphatic rings. The third-order valence-electron chi connectivity index (χ3n) is 7.90. The fourth-order valence-corrected chi connectivity index (χ4v) is 5.82. The van der Waals surface area contributed by atoms with Gasteiger partial charge in [-0.05, 0) is 55.9 Å². The van der Waals surface area contributed by atoms with E-state index in [0.29, 0.717) is 31.1 Å². The van der Waals surface area contributed by atoms with Crippen molar-refractivity contribution in [3.63, 3.8) is 0 Å². The number of fused-ring (bicyclic) bond motifs is 1. The maximum Gasteiger partial charge on any atom is 0.409 e. The van der Waals surface area contributed by atoms with Gasteiger partial charge in [0.25, 0.3) is 5.91 Å². The molecule has 1 aromatic rings. The number of nitrogens with one attached hydrogen (secondary N) is 1. The summed E-state index contributed by atoms with van der Waals surface area (Å²) in [5.74, 6) is -0.185. The fourth-order valence-electron chi connectivity index (χ4n) is 5.82. The summed E-state index contributed by atoms with van der Waals surface area (Å²) in [6, 6.07) is 5.38. The third-order valence-corrected chi connectivity index (χ3v) is 7.90. The van der Waals surface area contributed by atoms with Gasteiger partial charge in [-0.25, -0.2) is 4.79 Å². The summed E-state index contributed by atoms with van der Waals surface area (Å²) in [6.45, 7) is 9.07. The molecule has 5 rings (SSSR count). The van der Waals surface area contributed by atoms with Crippen LogP contribution in [0.25, 0.3) is 0 Å². The van der Waals surface area contributed by atoms with Crippen LogP contribution in [-0.4, -0.2) is 97.0 Å². The van der Waals surface area contributed by atoms with Crippen molar-refractivity contribution in [3.8, 4) is 0 Å². The molecule has 3 fully saturated rings. The Bertz CT molecular complexity index is 1030. The Morgan fingerprint density at radius 2 is 1.78 bits per heavy atom. The highest BCUT2D eigenvalue weighted by Gasteiger charge is 2.39. The average molecular weight is 498 g/mol. The first kappa shape index (κ1) is 24.5. The van der Waals surface area contributed by atoms with E-state index in [-0.39, 0.29) is 30.2 Å². The molecule has 1 atom stereocenters. The maximum absolute atomic E-state index is 12.9. The van der Waals surface area contributed by atoms with Crippen LogP contribution in [0.3, 0.4) is 0 Å². The van der Waals surface area contributed by atoms with Gasteiger partial charge in [-0.2, -0.15) is 0 Å². The molecular formula is C26H35N5O5. The summed E-state index contributed by atoms with van der Waals surface area (Å²) in [7, 11) is 0. The van der Waals surface area contributed by atoms with Crippen LogP contribution >= 0.6 is 0 Å². The Morgan fingerprint density at radius 3 is 2.47 bits per heavy atom. The van der Waals surface area contributed by atoms with Crippen LogP contribution in [0.4, 0.5) is 10.5 Å². The number of anilines is 1. The lowest BCUT2D eigenvalue weighted by molar-refractivity contribution is -0.136. The van der Waals surface area contributed by atoms with Crippen LogP contribution in [0.1, 0.15) is 48.5 Å². The maximum atomic E-state index is 12.9. The number of ether oxygens (including phenoxy) is 1. The van der Waals surface area contributed by atoms with Crippen LogP contribution < -0.4 is 10.2 Å². The van der Waals surface area contributed by atoms with Crippen molar-refractivity contribution in [2.45, 2.75) is 45.2 Å². The highest BCUT2D eigenvalue weighted by molar-refractivity contribution is 6.05. The quantitative estimate of drug-likeness (QED) is 0.614. The second-order valence-electron chi connectivity index (χ2n) is 10.2. The van der Waals surface area contributed by atoms with Gasteiger partial charge in [-0.3, -0.25) is 24.6 Å². The van der Waals surface area contributed by atoms with Gasteiger partial charge < -0.3 is 19.4 Å². The highest BCUT2D eigenvalue weighted by Crippen LogP contribution is 2.31. The monoisotopic (exact) mass is 497 g/mol. The number of likely N-dealkylation sites (tertiary alicyclic amines) is 1. The Kier molecular flexibility index (Phi) is 7.13. The molecule has 4 amide bonds. The number of benzene rings is 1. The van der Waals surface area contributed by atoms with E-state index in [9.17, 15) is 19.2 Å². The minimum Gasteiger partial charge on any atom is -0.450 e. The van der Waals surface area contributed by atoms with Crippen molar-refractivity contribution < 1.29 is 23.9 Å². The number of carbonyl (C=O) groups is 4. The van der Waals surface area contributed by atoms with Gasteiger partial charge in [0.15, 0.2) is 0 Å². The zero-order valence-electron chi connectivity index (χ0n) is 20.9. The number of nitrogens with zero attached hydrogens (tertiary/aromatic N) is 4. The zero-order chi connectivity index (χ0) is 25.2. The largest absolute Gasteiger partial charge is 0.450 e. The average Bonchev–Trinajstić information content (AvgIpc) is 3.20. The smallest absolute Gasteiger partial charge is 0.409 e. The van der Waals surface area contributed by atoms with Gasteiger partial charge in [0.1, 0.15) is 6.04 Å². The van der Waals surface area contributed by atoms with Crippen LogP contribution in [0.5, 0.6) is 0 Å². The fraction of sp³-hybridized carbons (Fsp3) is 0.615. The van der Waals surface area contributed by atoms with Gasteiger partial charge in [0.05, 0.1) is 6.61 Å². The zero-order valence-corrected chi connectivity index (χ0v) is 20.9. The normalized spacial score (nSPS) is 23.6. The third kappa shape index (κ3) is 5.04. The molecule has 4 heterocycles. The van der Waals surface area contributed by atoms with Crippen LogP contribution in [0.2, 0.25) is 0 Å². The number of hydrogen-bond acceptors (Lipinski definition) is 7. The van der Waals surface area contributed by atoms with Gasteiger partial charge in [0.2, 0.25) is 11.8 Å². The van der Waals surface area contributed by atoms with Gasteiger partial charge in [-0.15, -0.1) is 0 Å². The van der Waals surface area contributed by atoms with Gasteiger partial charge in [0, 0.05) is 70.0 Å². The number of amides is 4. The number of piperazine rings is 1. The lowest BCUT2D eigenvalue weighted by atomic mass is 9.96. The lowest BCUT2D eigenvalue weighted by Gasteiger charge is -2.39. The molecular weight excluding hydrogens is 462 g/mol. The minimum atomic E-state index is -0.584. The Labute approximate surface area is 211 Å². The molecule has 0 radical (unpaired) electrons. The van der Waals surface area contributed by atoms with E-state index in [1.807, 2.05) is 24.0 Å². The summed E-state index contributed by atoms with van der Waals surface area (Å²) < 4.78 is 5.12. The lowest BCUT2D eigenvalue weighted by Crippen LogP contribution is -2.52. The molecule has 0 bridgehead atoms. The summed E-state index contributed by atoms with van der Waals surface area (Å²) in [5.41, 5.74) is 2.70. The molecule has 1 aromatic carbocycles. The van der Waals surface area contributed by atoms with E-state index in [0.717, 1.165) is 69.9 Å². The molecule has 3 saturated heterocycles. The first-order valence-electron chi connectivity index (χ1n) is 13.1. The molecule has 0 aromatic heterocycles. The van der Waals surface area contributed by atoms with Crippen LogP contribution in [-0.2, 0) is 20.9 Å². The Morgan fingerprint density at radius 1 is 1.03 bits per heavy atom. The summed E-state index contributed by atoms with van der Waals surface area (Å²) in [4.78, 5) is 56.9. The van der Waals surface area contributed by atoms with E-state index in [1.165, 1.54) is 0 Å². The first-order chi connectivity index (χ1) is 17.4. The van der Waals surface area contributed by atoms with Crippen molar-refractivity contribution in [1.82, 2.24) is 20.0 Å². The van der Waals surface area contributed by atoms with E-state index in [4.69, 9.17) is 4.74 Å². The number of rotatable bonds is 5. The number of imide groups is 1. The van der Waals surface area contributed by atoms with E-state index < -0.39 is 6.04 Å². The molecule has 10 heteroatoms. The molecule has 0 saturated carbocycles. The second kappa shape index (κ2) is 10.5. The molecule has 194 valence electrons. The number of carbonyl (C=O) groups excluding carboxylic acids is 4. The van der Waals surface area contributed by atoms with E-state index >= 15 is 0 Å². The van der Waals surface area contributed by atoms with Gasteiger partial charge in [-0.1, -0.05) is 0 Å². The molecule has 1 unspecified atom stereocenters. The van der Waals surface area contributed by atoms with Crippen LogP contribution in [0, 0.1) is 5.92 Å².